The highest BCUT2D eigenvalue weighted by molar-refractivity contribution is 6.03. The van der Waals surface area contributed by atoms with Crippen molar-refractivity contribution in [3.8, 4) is 35.4 Å². The maximum absolute atomic E-state index is 16.9. The number of likely N-dealkylation sites (tertiary alicyclic amines) is 1. The first-order valence-corrected chi connectivity index (χ1v) is 19.2. The molecule has 2 aromatic heterocycles. The molecule has 280 valence electrons. The van der Waals surface area contributed by atoms with Crippen LogP contribution in [0.2, 0.25) is 0 Å². The van der Waals surface area contributed by atoms with Crippen molar-refractivity contribution >= 4 is 27.5 Å². The number of fused-ring (bicyclic) bond motifs is 3. The Balaban J connectivity index is 0.000000817. The number of hydrogen-bond donors (Lipinski definition) is 2. The number of aromatic nitrogens is 3. The van der Waals surface area contributed by atoms with Crippen LogP contribution in [0.3, 0.4) is 0 Å². The fourth-order valence-electron chi connectivity index (χ4n) is 8.22. The van der Waals surface area contributed by atoms with Crippen molar-refractivity contribution in [2.75, 3.05) is 44.8 Å². The summed E-state index contributed by atoms with van der Waals surface area (Å²) in [5, 5.41) is 21.7. The van der Waals surface area contributed by atoms with Gasteiger partial charge in [0.2, 0.25) is 0 Å². The van der Waals surface area contributed by atoms with Crippen molar-refractivity contribution in [3.63, 3.8) is 0 Å². The maximum atomic E-state index is 16.9. The number of nitrogens with zero attached hydrogens (tertiary/aromatic N) is 5. The molecule has 1 saturated carbocycles. The zero-order valence-electron chi connectivity index (χ0n) is 31.5. The Labute approximate surface area is 307 Å². The summed E-state index contributed by atoms with van der Waals surface area (Å²) < 4.78 is 38.1. The molecule has 2 saturated heterocycles. The molecule has 8 nitrogen and oxygen atoms in total. The zero-order chi connectivity index (χ0) is 37.4. The van der Waals surface area contributed by atoms with Gasteiger partial charge in [-0.15, -0.1) is 6.42 Å². The largest absolute Gasteiger partial charge is 0.508 e. The summed E-state index contributed by atoms with van der Waals surface area (Å²) in [6.45, 7) is 11.2. The molecule has 4 aromatic rings. The van der Waals surface area contributed by atoms with Crippen molar-refractivity contribution in [3.05, 3.63) is 47.7 Å². The number of benzene rings is 2. The molecule has 3 aliphatic rings. The summed E-state index contributed by atoms with van der Waals surface area (Å²) in [4.78, 5) is 18.5. The number of hydrogen-bond acceptors (Lipinski definition) is 8. The van der Waals surface area contributed by atoms with Gasteiger partial charge in [-0.1, -0.05) is 65.4 Å². The molecule has 3 atom stereocenters. The Hall–Kier alpha value is -4.07. The maximum Gasteiger partial charge on any atom is 0.319 e. The number of piperidine rings is 1. The Morgan fingerprint density at radius 2 is 1.79 bits per heavy atom. The minimum Gasteiger partial charge on any atom is -0.508 e. The number of phenols is 1. The van der Waals surface area contributed by atoms with Crippen LogP contribution in [0, 0.1) is 35.3 Å². The molecular formula is C42H55F2N5O3. The van der Waals surface area contributed by atoms with Crippen LogP contribution in [0.4, 0.5) is 14.6 Å². The minimum atomic E-state index is -0.743. The van der Waals surface area contributed by atoms with E-state index >= 15 is 4.39 Å². The number of anilines is 1. The molecule has 52 heavy (non-hydrogen) atoms. The van der Waals surface area contributed by atoms with Gasteiger partial charge in [-0.05, 0) is 81.6 Å². The van der Waals surface area contributed by atoms with Crippen LogP contribution in [0.5, 0.6) is 11.8 Å². The minimum absolute atomic E-state index is 0.00576. The zero-order valence-corrected chi connectivity index (χ0v) is 31.5. The molecule has 0 amide bonds. The summed E-state index contributed by atoms with van der Waals surface area (Å²) in [6.07, 6.45) is 18.1. The van der Waals surface area contributed by atoms with Gasteiger partial charge in [-0.3, -0.25) is 4.98 Å². The smallest absolute Gasteiger partial charge is 0.319 e. The number of rotatable bonds is 7. The van der Waals surface area contributed by atoms with E-state index in [0.717, 1.165) is 57.9 Å². The molecule has 2 N–H and O–H groups in total. The van der Waals surface area contributed by atoms with Gasteiger partial charge in [-0.2, -0.15) is 9.97 Å². The first-order chi connectivity index (χ1) is 25.2. The third-order valence-corrected chi connectivity index (χ3v) is 11.0. The summed E-state index contributed by atoms with van der Waals surface area (Å²) in [5.74, 6) is 1.45. The number of unbranched alkanes of at least 4 members (excludes halogenated alkanes) is 1. The van der Waals surface area contributed by atoms with Crippen LogP contribution in [0.15, 0.2) is 30.5 Å². The average Bonchev–Trinajstić information content (AvgIpc) is 3.46. The summed E-state index contributed by atoms with van der Waals surface area (Å²) in [6, 6.07) is 6.04. The second kappa shape index (κ2) is 17.6. The van der Waals surface area contributed by atoms with Crippen molar-refractivity contribution in [2.45, 2.75) is 97.9 Å². The van der Waals surface area contributed by atoms with Gasteiger partial charge in [0.1, 0.15) is 28.6 Å². The van der Waals surface area contributed by atoms with Crippen LogP contribution in [0.25, 0.3) is 32.9 Å². The third kappa shape index (κ3) is 7.96. The first-order valence-electron chi connectivity index (χ1n) is 19.2. The van der Waals surface area contributed by atoms with Crippen molar-refractivity contribution in [1.82, 2.24) is 19.9 Å². The SMILES string of the molecule is C#Cc1c(F)ccc2cc(O)cc(-c3ncc4c(N5CCCCC(CO)C5)nc(OCC56CCCC5N(C)CCC6)nc4c3F)c12.CC.CCCC. The third-order valence-electron chi connectivity index (χ3n) is 11.0. The van der Waals surface area contributed by atoms with Gasteiger partial charge in [0, 0.05) is 48.3 Å². The Morgan fingerprint density at radius 3 is 2.52 bits per heavy atom. The van der Waals surface area contributed by atoms with Gasteiger partial charge in [0.15, 0.2) is 5.82 Å². The van der Waals surface area contributed by atoms with Crippen LogP contribution in [0.1, 0.15) is 97.5 Å². The number of phenolic OH excluding ortho intramolecular Hbond substituents is 1. The van der Waals surface area contributed by atoms with E-state index in [1.54, 1.807) is 0 Å². The van der Waals surface area contributed by atoms with Crippen molar-refractivity contribution in [2.24, 2.45) is 11.3 Å². The van der Waals surface area contributed by atoms with Gasteiger partial charge >= 0.3 is 6.01 Å². The lowest BCUT2D eigenvalue weighted by Gasteiger charge is -2.44. The van der Waals surface area contributed by atoms with Crippen LogP contribution in [-0.2, 0) is 0 Å². The normalized spacial score (nSPS) is 21.7. The van der Waals surface area contributed by atoms with Gasteiger partial charge in [0.25, 0.3) is 0 Å². The fraction of sp³-hybridized carbons (Fsp3) is 0.548. The molecule has 2 aliphatic heterocycles. The number of terminal acetylenes is 1. The fourth-order valence-corrected chi connectivity index (χ4v) is 8.22. The van der Waals surface area contributed by atoms with E-state index in [-0.39, 0.29) is 57.4 Å². The van der Waals surface area contributed by atoms with E-state index in [2.05, 4.69) is 46.6 Å². The Morgan fingerprint density at radius 1 is 1.02 bits per heavy atom. The average molecular weight is 716 g/mol. The molecule has 3 fully saturated rings. The molecule has 0 spiro atoms. The molecule has 0 bridgehead atoms. The lowest BCUT2D eigenvalue weighted by atomic mass is 9.76. The molecule has 1 aliphatic carbocycles. The summed E-state index contributed by atoms with van der Waals surface area (Å²) >= 11 is 0. The van der Waals surface area contributed by atoms with Crippen LogP contribution >= 0.6 is 0 Å². The summed E-state index contributed by atoms with van der Waals surface area (Å²) in [7, 11) is 2.18. The van der Waals surface area contributed by atoms with E-state index in [9.17, 15) is 14.6 Å². The first kappa shape index (κ1) is 39.1. The monoisotopic (exact) mass is 715 g/mol. The van der Waals surface area contributed by atoms with E-state index in [4.69, 9.17) is 16.1 Å². The highest BCUT2D eigenvalue weighted by atomic mass is 19.1. The van der Waals surface area contributed by atoms with Gasteiger partial charge < -0.3 is 24.7 Å². The van der Waals surface area contributed by atoms with Crippen LogP contribution < -0.4 is 9.64 Å². The van der Waals surface area contributed by atoms with Crippen molar-refractivity contribution < 1.29 is 23.7 Å². The molecule has 4 heterocycles. The van der Waals surface area contributed by atoms with E-state index in [0.29, 0.717) is 42.3 Å². The second-order valence-corrected chi connectivity index (χ2v) is 14.3. The lowest BCUT2D eigenvalue weighted by molar-refractivity contribution is 0.0133. The summed E-state index contributed by atoms with van der Waals surface area (Å²) in [5.41, 5.74) is 0.0275. The topological polar surface area (TPSA) is 94.8 Å². The molecule has 2 aromatic carbocycles. The molecule has 7 rings (SSSR count). The van der Waals surface area contributed by atoms with Crippen molar-refractivity contribution in [1.29, 1.82) is 0 Å². The number of aromatic hydroxyl groups is 1. The number of pyridine rings is 1. The van der Waals surface area contributed by atoms with Gasteiger partial charge in [-0.25, -0.2) is 8.78 Å². The number of ether oxygens (including phenoxy) is 1. The number of aliphatic hydroxyl groups is 1. The quantitative estimate of drug-likeness (QED) is 0.183. The molecule has 0 radical (unpaired) electrons. The van der Waals surface area contributed by atoms with Crippen LogP contribution in [-0.4, -0.2) is 76.0 Å². The standard InChI is InChI=1S/C36H39F2N5O3.C4H10.C2H6/c1-3-25-28(37)11-10-23-16-24(45)17-26(30(23)25)32-31(38)33-27(18-39-32)34(43-15-5-4-8-22(19-43)20-44)41-35(40-33)46-21-36-12-6-9-29(36)42(2)14-7-13-36;1-3-4-2;1-2/h1,10-11,16-18,22,29,44-45H,4-9,12-15,19-21H2,2H3;3-4H2,1-2H3;1-2H3. The van der Waals surface area contributed by atoms with E-state index in [1.165, 1.54) is 43.3 Å². The van der Waals surface area contributed by atoms with E-state index < -0.39 is 11.6 Å². The highest BCUT2D eigenvalue weighted by Crippen LogP contribution is 2.47. The predicted octanol–water partition coefficient (Wildman–Crippen LogP) is 8.88. The Bertz CT molecular complexity index is 1880. The molecule has 10 heteroatoms. The number of halogens is 2. The van der Waals surface area contributed by atoms with E-state index in [1.807, 2.05) is 13.8 Å². The second-order valence-electron chi connectivity index (χ2n) is 14.3. The Kier molecular flexibility index (Phi) is 13.3. The predicted molar refractivity (Wildman–Crippen MR) is 206 cm³/mol. The van der Waals surface area contributed by atoms with Gasteiger partial charge in [0.05, 0.1) is 17.6 Å². The number of aliphatic hydroxyl groups excluding tert-OH is 1. The lowest BCUT2D eigenvalue weighted by Crippen LogP contribution is -2.50. The molecule has 3 unspecified atom stereocenters. The highest BCUT2D eigenvalue weighted by Gasteiger charge is 2.47. The molecular weight excluding hydrogens is 660 g/mol.